The predicted octanol–water partition coefficient (Wildman–Crippen LogP) is 2.30. The summed E-state index contributed by atoms with van der Waals surface area (Å²) in [6.45, 7) is 1.91. The number of hydrogen-bond donors (Lipinski definition) is 0. The normalized spacial score (nSPS) is 13.9. The molecule has 0 amide bonds. The Labute approximate surface area is 117 Å². The van der Waals surface area contributed by atoms with Crippen molar-refractivity contribution in [3.8, 4) is 23.8 Å². The van der Waals surface area contributed by atoms with Gasteiger partial charge in [0.1, 0.15) is 6.54 Å². The van der Waals surface area contributed by atoms with Crippen molar-refractivity contribution >= 4 is 23.1 Å². The number of Topliss-reactive ketones (excluding diaryl/α,β-unsaturated/α-hetero) is 1. The van der Waals surface area contributed by atoms with Crippen LogP contribution in [-0.2, 0) is 4.79 Å². The highest BCUT2D eigenvalue weighted by Gasteiger charge is 2.19. The van der Waals surface area contributed by atoms with Crippen LogP contribution in [0.1, 0.15) is 18.9 Å². The van der Waals surface area contributed by atoms with Crippen LogP contribution in [0.2, 0.25) is 5.02 Å². The summed E-state index contributed by atoms with van der Waals surface area (Å²) < 4.78 is 0. The molecule has 3 nitrogen and oxygen atoms in total. The summed E-state index contributed by atoms with van der Waals surface area (Å²) in [5.74, 6) is 8.01. The maximum absolute atomic E-state index is 11.7. The lowest BCUT2D eigenvalue weighted by atomic mass is 10.0. The fourth-order valence-corrected chi connectivity index (χ4v) is 1.77. The van der Waals surface area contributed by atoms with Crippen LogP contribution < -0.4 is 0 Å². The molecule has 0 unspecified atom stereocenters. The number of ketones is 1. The molecule has 2 rings (SSSR count). The minimum absolute atomic E-state index is 0.0821. The Morgan fingerprint density at radius 3 is 2.68 bits per heavy atom. The molecule has 0 fully saturated rings. The van der Waals surface area contributed by atoms with Crippen LogP contribution in [0.15, 0.2) is 29.4 Å². The van der Waals surface area contributed by atoms with Crippen molar-refractivity contribution in [1.29, 1.82) is 0 Å². The fraction of sp³-hybridized carbons (Fsp3) is 0.200. The van der Waals surface area contributed by atoms with E-state index in [2.05, 4.69) is 28.9 Å². The third-order valence-electron chi connectivity index (χ3n) is 2.48. The van der Waals surface area contributed by atoms with Crippen molar-refractivity contribution in [2.24, 2.45) is 5.10 Å². The van der Waals surface area contributed by atoms with E-state index < -0.39 is 0 Å². The summed E-state index contributed by atoms with van der Waals surface area (Å²) in [7, 11) is 0. The molecule has 1 heterocycles. The summed E-state index contributed by atoms with van der Waals surface area (Å²) in [6, 6.07) is 9.98. The van der Waals surface area contributed by atoms with Crippen molar-refractivity contribution < 1.29 is 4.79 Å². The third kappa shape index (κ3) is 3.61. The van der Waals surface area contributed by atoms with Crippen molar-refractivity contribution in [2.45, 2.75) is 13.3 Å². The average molecular weight is 271 g/mol. The number of halogens is 1. The minimum atomic E-state index is 0.0821. The highest BCUT2D eigenvalue weighted by Crippen LogP contribution is 2.15. The Morgan fingerprint density at radius 1 is 1.26 bits per heavy atom. The molecule has 0 radical (unpaired) electrons. The van der Waals surface area contributed by atoms with Crippen LogP contribution in [0.5, 0.6) is 0 Å². The molecule has 0 N–H and O–H groups in total. The number of carbonyl (C=O) groups is 1. The van der Waals surface area contributed by atoms with Gasteiger partial charge < -0.3 is 0 Å². The maximum Gasteiger partial charge on any atom is 0.161 e. The second-order valence-electron chi connectivity index (χ2n) is 3.94. The zero-order valence-corrected chi connectivity index (χ0v) is 11.2. The van der Waals surface area contributed by atoms with E-state index in [1.807, 2.05) is 12.1 Å². The number of benzene rings is 1. The third-order valence-corrected chi connectivity index (χ3v) is 2.73. The molecule has 0 saturated carbocycles. The Kier molecular flexibility index (Phi) is 4.23. The predicted molar refractivity (Wildman–Crippen MR) is 75.5 cm³/mol. The monoisotopic (exact) mass is 270 g/mol. The van der Waals surface area contributed by atoms with E-state index in [1.165, 1.54) is 5.01 Å². The van der Waals surface area contributed by atoms with Gasteiger partial charge in [-0.2, -0.15) is 5.10 Å². The second-order valence-corrected chi connectivity index (χ2v) is 4.37. The van der Waals surface area contributed by atoms with Gasteiger partial charge in [0.15, 0.2) is 5.78 Å². The van der Waals surface area contributed by atoms with E-state index in [1.54, 1.807) is 19.1 Å². The van der Waals surface area contributed by atoms with Gasteiger partial charge in [-0.05, 0) is 30.5 Å². The van der Waals surface area contributed by atoms with Crippen LogP contribution >= 0.6 is 11.6 Å². The standard InChI is InChI=1S/C15H11ClN2O/c1-2-3-4-9-18-11-14(19)10-15(17-18)12-5-7-13(16)8-6-12/h5-8H,10-11H2,1H3. The van der Waals surface area contributed by atoms with E-state index in [0.717, 1.165) is 5.56 Å². The molecule has 0 bridgehead atoms. The van der Waals surface area contributed by atoms with Crippen LogP contribution in [0.3, 0.4) is 0 Å². The number of carbonyl (C=O) groups excluding carboxylic acids is 1. The van der Waals surface area contributed by atoms with E-state index >= 15 is 0 Å². The smallest absolute Gasteiger partial charge is 0.161 e. The summed E-state index contributed by atoms with van der Waals surface area (Å²) in [6.07, 6.45) is 0.319. The molecule has 0 spiro atoms. The number of hydrazone groups is 1. The van der Waals surface area contributed by atoms with Gasteiger partial charge in [0.25, 0.3) is 0 Å². The highest BCUT2D eigenvalue weighted by atomic mass is 35.5. The van der Waals surface area contributed by atoms with Crippen LogP contribution in [0.4, 0.5) is 0 Å². The Balaban J connectivity index is 2.28. The van der Waals surface area contributed by atoms with Gasteiger partial charge in [-0.1, -0.05) is 29.7 Å². The molecule has 0 saturated heterocycles. The topological polar surface area (TPSA) is 32.7 Å². The van der Waals surface area contributed by atoms with E-state index in [-0.39, 0.29) is 12.3 Å². The van der Waals surface area contributed by atoms with Gasteiger partial charge in [0.2, 0.25) is 0 Å². The van der Waals surface area contributed by atoms with Gasteiger partial charge >= 0.3 is 0 Å². The molecular weight excluding hydrogens is 260 g/mol. The van der Waals surface area contributed by atoms with Crippen molar-refractivity contribution in [2.75, 3.05) is 6.54 Å². The lowest BCUT2D eigenvalue weighted by molar-refractivity contribution is -0.118. The molecule has 1 aliphatic heterocycles. The number of hydrogen-bond acceptors (Lipinski definition) is 3. The van der Waals surface area contributed by atoms with E-state index in [4.69, 9.17) is 11.6 Å². The average Bonchev–Trinajstić information content (AvgIpc) is 2.39. The molecule has 1 aromatic rings. The molecule has 1 aliphatic rings. The quantitative estimate of drug-likeness (QED) is 0.734. The molecule has 94 valence electrons. The lowest BCUT2D eigenvalue weighted by Gasteiger charge is -2.18. The zero-order chi connectivity index (χ0) is 13.7. The van der Waals surface area contributed by atoms with E-state index in [0.29, 0.717) is 17.2 Å². The van der Waals surface area contributed by atoms with Gasteiger partial charge in [-0.25, -0.2) is 5.01 Å². The highest BCUT2D eigenvalue weighted by molar-refractivity contribution is 6.30. The van der Waals surface area contributed by atoms with Crippen molar-refractivity contribution in [3.05, 3.63) is 34.9 Å². The van der Waals surface area contributed by atoms with Gasteiger partial charge in [0, 0.05) is 17.0 Å². The van der Waals surface area contributed by atoms with Crippen molar-refractivity contribution in [3.63, 3.8) is 0 Å². The lowest BCUT2D eigenvalue weighted by Crippen LogP contribution is -2.30. The first-order valence-electron chi connectivity index (χ1n) is 5.74. The molecule has 0 atom stereocenters. The Hall–Kier alpha value is -2.23. The van der Waals surface area contributed by atoms with Gasteiger partial charge in [-0.3, -0.25) is 4.79 Å². The molecular formula is C15H11ClN2O. The summed E-state index contributed by atoms with van der Waals surface area (Å²) in [5.41, 5.74) is 1.58. The maximum atomic E-state index is 11.7. The molecule has 1 aromatic carbocycles. The van der Waals surface area contributed by atoms with Crippen LogP contribution in [-0.4, -0.2) is 23.0 Å². The van der Waals surface area contributed by atoms with Gasteiger partial charge in [0.05, 0.1) is 12.1 Å². The summed E-state index contributed by atoms with van der Waals surface area (Å²) >= 11 is 5.84. The molecule has 0 aliphatic carbocycles. The Morgan fingerprint density at radius 2 is 2.00 bits per heavy atom. The zero-order valence-electron chi connectivity index (χ0n) is 10.4. The van der Waals surface area contributed by atoms with Gasteiger partial charge in [-0.15, -0.1) is 0 Å². The fourth-order valence-electron chi connectivity index (χ4n) is 1.65. The summed E-state index contributed by atoms with van der Waals surface area (Å²) in [5, 5.41) is 6.43. The first kappa shape index (κ1) is 13.2. The van der Waals surface area contributed by atoms with E-state index in [9.17, 15) is 4.79 Å². The molecule has 19 heavy (non-hydrogen) atoms. The minimum Gasteiger partial charge on any atom is -0.297 e. The van der Waals surface area contributed by atoms with Crippen LogP contribution in [0.25, 0.3) is 0 Å². The largest absolute Gasteiger partial charge is 0.297 e. The molecule has 0 aromatic heterocycles. The Bertz CT molecular complexity index is 639. The second kappa shape index (κ2) is 6.09. The number of rotatable bonds is 1. The molecule has 4 heteroatoms. The first-order valence-corrected chi connectivity index (χ1v) is 6.12. The van der Waals surface area contributed by atoms with Crippen LogP contribution in [0, 0.1) is 23.8 Å². The SMILES string of the molecule is CC#CC#CN1CC(=O)CC(c2ccc(Cl)cc2)=N1. The first-order chi connectivity index (χ1) is 9.19. The van der Waals surface area contributed by atoms with Crippen molar-refractivity contribution in [1.82, 2.24) is 5.01 Å². The number of nitrogens with zero attached hydrogens (tertiary/aromatic N) is 2. The summed E-state index contributed by atoms with van der Waals surface area (Å²) in [4.78, 5) is 11.7.